The molecule has 2 aromatic rings. The second-order valence-electron chi connectivity index (χ2n) is 4.26. The van der Waals surface area contributed by atoms with Gasteiger partial charge in [0.15, 0.2) is 0 Å². The van der Waals surface area contributed by atoms with Crippen LogP contribution in [-0.2, 0) is 0 Å². The molecule has 1 unspecified atom stereocenters. The third kappa shape index (κ3) is 3.72. The summed E-state index contributed by atoms with van der Waals surface area (Å²) in [6.07, 6.45) is 0.920. The Kier molecular flexibility index (Phi) is 4.86. The van der Waals surface area contributed by atoms with Gasteiger partial charge in [0.05, 0.1) is 4.47 Å². The van der Waals surface area contributed by atoms with Gasteiger partial charge in [-0.1, -0.05) is 30.7 Å². The minimum absolute atomic E-state index is 0.0799. The molecule has 2 N–H and O–H groups in total. The highest BCUT2D eigenvalue weighted by atomic mass is 79.9. The number of rotatable bonds is 4. The molecule has 1 atom stereocenters. The monoisotopic (exact) mass is 339 g/mol. The van der Waals surface area contributed by atoms with Crippen molar-refractivity contribution >= 4 is 27.5 Å². The Bertz CT molecular complexity index is 557. The highest BCUT2D eigenvalue weighted by Crippen LogP contribution is 2.32. The van der Waals surface area contributed by atoms with Crippen LogP contribution in [-0.4, -0.2) is 0 Å². The van der Waals surface area contributed by atoms with Crippen LogP contribution in [0.25, 0.3) is 0 Å². The molecule has 4 heteroatoms. The van der Waals surface area contributed by atoms with Gasteiger partial charge >= 0.3 is 0 Å². The van der Waals surface area contributed by atoms with Crippen molar-refractivity contribution in [3.05, 3.63) is 57.5 Å². The first kappa shape index (κ1) is 14.4. The fourth-order valence-electron chi connectivity index (χ4n) is 1.70. The van der Waals surface area contributed by atoms with Gasteiger partial charge < -0.3 is 10.5 Å². The number of hydrogen-bond donors (Lipinski definition) is 1. The summed E-state index contributed by atoms with van der Waals surface area (Å²) >= 11 is 9.32. The van der Waals surface area contributed by atoms with E-state index in [0.29, 0.717) is 5.02 Å². The maximum atomic E-state index is 5.97. The van der Waals surface area contributed by atoms with Gasteiger partial charge in [-0.2, -0.15) is 0 Å². The van der Waals surface area contributed by atoms with Crippen LogP contribution in [0.1, 0.15) is 24.9 Å². The van der Waals surface area contributed by atoms with Crippen molar-refractivity contribution in [2.75, 3.05) is 0 Å². The molecule has 2 aromatic carbocycles. The van der Waals surface area contributed by atoms with E-state index in [-0.39, 0.29) is 6.04 Å². The Balaban J connectivity index is 2.15. The summed E-state index contributed by atoms with van der Waals surface area (Å²) in [4.78, 5) is 0. The summed E-state index contributed by atoms with van der Waals surface area (Å²) in [5, 5.41) is 0.670. The zero-order chi connectivity index (χ0) is 13.8. The van der Waals surface area contributed by atoms with Crippen molar-refractivity contribution in [2.24, 2.45) is 5.73 Å². The van der Waals surface area contributed by atoms with Gasteiger partial charge in [0, 0.05) is 11.1 Å². The minimum Gasteiger partial charge on any atom is -0.456 e. The van der Waals surface area contributed by atoms with E-state index in [9.17, 15) is 0 Å². The minimum atomic E-state index is 0.0799. The topological polar surface area (TPSA) is 35.2 Å². The van der Waals surface area contributed by atoms with Gasteiger partial charge in [-0.05, 0) is 58.2 Å². The molecule has 2 nitrogen and oxygen atoms in total. The van der Waals surface area contributed by atoms with Crippen LogP contribution < -0.4 is 10.5 Å². The summed E-state index contributed by atoms with van der Waals surface area (Å²) in [6.45, 7) is 2.07. The van der Waals surface area contributed by atoms with Crippen LogP contribution in [0.2, 0.25) is 5.02 Å². The lowest BCUT2D eigenvalue weighted by molar-refractivity contribution is 0.479. The maximum Gasteiger partial charge on any atom is 0.141 e. The van der Waals surface area contributed by atoms with E-state index in [4.69, 9.17) is 22.1 Å². The van der Waals surface area contributed by atoms with Crippen molar-refractivity contribution < 1.29 is 4.74 Å². The molecule has 0 aliphatic rings. The Morgan fingerprint density at radius 2 is 1.89 bits per heavy atom. The van der Waals surface area contributed by atoms with Crippen LogP contribution in [0.4, 0.5) is 0 Å². The highest BCUT2D eigenvalue weighted by Gasteiger charge is 2.06. The summed E-state index contributed by atoms with van der Waals surface area (Å²) < 4.78 is 6.61. The van der Waals surface area contributed by atoms with Crippen molar-refractivity contribution in [3.8, 4) is 11.5 Å². The van der Waals surface area contributed by atoms with Crippen LogP contribution in [0.15, 0.2) is 46.9 Å². The molecular formula is C15H15BrClNO. The summed E-state index contributed by atoms with van der Waals surface area (Å²) in [5.74, 6) is 1.51. The molecule has 19 heavy (non-hydrogen) atoms. The number of nitrogens with two attached hydrogens (primary N) is 1. The SMILES string of the molecule is CCC(N)c1ccc(Oc2ccc(Cl)cc2Br)cc1. The lowest BCUT2D eigenvalue weighted by Crippen LogP contribution is -2.07. The van der Waals surface area contributed by atoms with E-state index in [1.165, 1.54) is 0 Å². The third-order valence-corrected chi connectivity index (χ3v) is 3.72. The molecule has 0 heterocycles. The molecule has 0 aliphatic heterocycles. The van der Waals surface area contributed by atoms with Crippen LogP contribution >= 0.6 is 27.5 Å². The van der Waals surface area contributed by atoms with Crippen molar-refractivity contribution in [2.45, 2.75) is 19.4 Å². The average Bonchev–Trinajstić information content (AvgIpc) is 2.42. The van der Waals surface area contributed by atoms with E-state index < -0.39 is 0 Å². The zero-order valence-electron chi connectivity index (χ0n) is 10.6. The molecule has 0 radical (unpaired) electrons. The van der Waals surface area contributed by atoms with Crippen LogP contribution in [0.3, 0.4) is 0 Å². The standard InChI is InChI=1S/C15H15BrClNO/c1-2-14(18)10-3-6-12(7-4-10)19-15-8-5-11(17)9-13(15)16/h3-9,14H,2,18H2,1H3. The number of benzene rings is 2. The normalized spacial score (nSPS) is 12.2. The van der Waals surface area contributed by atoms with Crippen molar-refractivity contribution in [1.29, 1.82) is 0 Å². The maximum absolute atomic E-state index is 5.97. The summed E-state index contributed by atoms with van der Waals surface area (Å²) in [7, 11) is 0. The molecule has 0 amide bonds. The highest BCUT2D eigenvalue weighted by molar-refractivity contribution is 9.10. The third-order valence-electron chi connectivity index (χ3n) is 2.87. The number of hydrogen-bond acceptors (Lipinski definition) is 2. The summed E-state index contributed by atoms with van der Waals surface area (Å²) in [6, 6.07) is 13.3. The second-order valence-corrected chi connectivity index (χ2v) is 5.55. The first-order valence-corrected chi connectivity index (χ1v) is 7.25. The second kappa shape index (κ2) is 6.42. The first-order valence-electron chi connectivity index (χ1n) is 6.08. The van der Waals surface area contributed by atoms with Gasteiger partial charge in [-0.3, -0.25) is 0 Å². The van der Waals surface area contributed by atoms with Gasteiger partial charge in [0.2, 0.25) is 0 Å². The van der Waals surface area contributed by atoms with Gasteiger partial charge in [-0.15, -0.1) is 0 Å². The number of halogens is 2. The van der Waals surface area contributed by atoms with E-state index in [1.807, 2.05) is 30.3 Å². The molecule has 0 bridgehead atoms. The molecular weight excluding hydrogens is 326 g/mol. The van der Waals surface area contributed by atoms with Crippen LogP contribution in [0, 0.1) is 0 Å². The van der Waals surface area contributed by atoms with E-state index >= 15 is 0 Å². The van der Waals surface area contributed by atoms with Gasteiger partial charge in [-0.25, -0.2) is 0 Å². The van der Waals surface area contributed by atoms with Crippen molar-refractivity contribution in [3.63, 3.8) is 0 Å². The van der Waals surface area contributed by atoms with Gasteiger partial charge in [0.25, 0.3) is 0 Å². The van der Waals surface area contributed by atoms with E-state index in [2.05, 4.69) is 22.9 Å². The Morgan fingerprint density at radius 1 is 1.21 bits per heavy atom. The molecule has 0 saturated heterocycles. The number of ether oxygens (including phenoxy) is 1. The Labute approximate surface area is 126 Å². The smallest absolute Gasteiger partial charge is 0.141 e. The predicted molar refractivity (Wildman–Crippen MR) is 82.9 cm³/mol. The molecule has 0 aromatic heterocycles. The summed E-state index contributed by atoms with van der Waals surface area (Å²) in [5.41, 5.74) is 7.09. The average molecular weight is 341 g/mol. The fraction of sp³-hybridized carbons (Fsp3) is 0.200. The molecule has 0 saturated carbocycles. The van der Waals surface area contributed by atoms with Crippen molar-refractivity contribution in [1.82, 2.24) is 0 Å². The van der Waals surface area contributed by atoms with E-state index in [0.717, 1.165) is 28.0 Å². The zero-order valence-corrected chi connectivity index (χ0v) is 12.9. The van der Waals surface area contributed by atoms with Gasteiger partial charge in [0.1, 0.15) is 11.5 Å². The Hall–Kier alpha value is -1.03. The lowest BCUT2D eigenvalue weighted by Gasteiger charge is -2.11. The van der Waals surface area contributed by atoms with E-state index in [1.54, 1.807) is 12.1 Å². The first-order chi connectivity index (χ1) is 9.10. The quantitative estimate of drug-likeness (QED) is 0.819. The molecule has 0 fully saturated rings. The molecule has 0 spiro atoms. The molecule has 2 rings (SSSR count). The fourth-order valence-corrected chi connectivity index (χ4v) is 2.47. The molecule has 0 aliphatic carbocycles. The van der Waals surface area contributed by atoms with Crippen LogP contribution in [0.5, 0.6) is 11.5 Å². The largest absolute Gasteiger partial charge is 0.456 e. The lowest BCUT2D eigenvalue weighted by atomic mass is 10.1. The molecule has 100 valence electrons. The predicted octanol–water partition coefficient (Wildman–Crippen LogP) is 5.30. The Morgan fingerprint density at radius 3 is 2.47 bits per heavy atom.